The van der Waals surface area contributed by atoms with E-state index in [0.717, 1.165) is 0 Å². The van der Waals surface area contributed by atoms with E-state index in [-0.39, 0.29) is 0 Å². The Morgan fingerprint density at radius 1 is 0.271 bits per heavy atom. The molecule has 0 spiro atoms. The Morgan fingerprint density at radius 3 is 1.23 bits per heavy atom. The van der Waals surface area contributed by atoms with E-state index >= 15 is 0 Å². The van der Waals surface area contributed by atoms with Crippen LogP contribution in [0.3, 0.4) is 0 Å². The fourth-order valence-corrected chi connectivity index (χ4v) is 11.6. The van der Waals surface area contributed by atoms with Gasteiger partial charge in [-0.15, -0.1) is 0 Å². The number of benzene rings is 12. The maximum absolute atomic E-state index is 2.36. The monoisotopic (exact) mass is 888 g/mol. The first-order chi connectivity index (χ1) is 34.6. The lowest BCUT2D eigenvalue weighted by Gasteiger charge is -2.34. The largest absolute Gasteiger partial charge is 0.0713 e. The van der Waals surface area contributed by atoms with Crippen LogP contribution >= 0.6 is 0 Å². The van der Waals surface area contributed by atoms with E-state index in [0.29, 0.717) is 0 Å². The average Bonchev–Trinajstić information content (AvgIpc) is 3.73. The van der Waals surface area contributed by atoms with Crippen molar-refractivity contribution in [3.63, 3.8) is 0 Å². The summed E-state index contributed by atoms with van der Waals surface area (Å²) in [6.07, 6.45) is 4.49. The number of hydrogen-bond donors (Lipinski definition) is 0. The van der Waals surface area contributed by atoms with Crippen molar-refractivity contribution in [3.05, 3.63) is 300 Å². The molecule has 12 aromatic rings. The van der Waals surface area contributed by atoms with Gasteiger partial charge in [0.2, 0.25) is 0 Å². The zero-order valence-corrected chi connectivity index (χ0v) is 39.0. The van der Waals surface area contributed by atoms with Gasteiger partial charge in [-0.05, 0) is 128 Å². The molecule has 0 amide bonds. The Bertz CT molecular complexity index is 3850. The highest BCUT2D eigenvalue weighted by Gasteiger charge is 2.45. The third kappa shape index (κ3) is 6.75. The molecule has 0 aromatic heterocycles. The van der Waals surface area contributed by atoms with E-state index in [1.165, 1.54) is 127 Å². The van der Waals surface area contributed by atoms with E-state index in [9.17, 15) is 0 Å². The van der Waals surface area contributed by atoms with Crippen LogP contribution in [0.4, 0.5) is 0 Å². The third-order valence-electron chi connectivity index (χ3n) is 14.9. The van der Waals surface area contributed by atoms with Crippen LogP contribution in [0, 0.1) is 6.92 Å². The first-order valence-electron chi connectivity index (χ1n) is 24.4. The molecule has 0 aliphatic heterocycles. The predicted molar refractivity (Wildman–Crippen MR) is 298 cm³/mol. The predicted octanol–water partition coefficient (Wildman–Crippen LogP) is 18.7. The van der Waals surface area contributed by atoms with Crippen LogP contribution in [0.1, 0.15) is 38.9 Å². The highest BCUT2D eigenvalue weighted by Crippen LogP contribution is 2.56. The van der Waals surface area contributed by atoms with Crippen molar-refractivity contribution in [3.8, 4) is 55.6 Å². The summed E-state index contributed by atoms with van der Waals surface area (Å²) in [6, 6.07) is 96.5. The second-order valence-corrected chi connectivity index (χ2v) is 18.8. The molecule has 0 unspecified atom stereocenters. The topological polar surface area (TPSA) is 0 Å². The Balaban J connectivity index is 0.836. The van der Waals surface area contributed by atoms with Crippen molar-refractivity contribution >= 4 is 44.5 Å². The quantitative estimate of drug-likeness (QED) is 0.105. The van der Waals surface area contributed by atoms with Gasteiger partial charge in [-0.25, -0.2) is 0 Å². The van der Waals surface area contributed by atoms with Gasteiger partial charge in [0.25, 0.3) is 0 Å². The van der Waals surface area contributed by atoms with Gasteiger partial charge < -0.3 is 0 Å². The Labute approximate surface area is 410 Å². The lowest BCUT2D eigenvalue weighted by molar-refractivity contribution is 0.768. The molecular formula is C70H48. The Hall–Kier alpha value is -8.84. The van der Waals surface area contributed by atoms with E-state index < -0.39 is 5.41 Å². The summed E-state index contributed by atoms with van der Waals surface area (Å²) >= 11 is 0. The minimum atomic E-state index is -0.414. The zero-order valence-electron chi connectivity index (χ0n) is 39.0. The van der Waals surface area contributed by atoms with Crippen LogP contribution in [0.5, 0.6) is 0 Å². The smallest absolute Gasteiger partial charge is 0.0622 e. The SMILES string of the molecule is Cc1ccc(C2(c3ccc(-c4ccc(-c5c6ccccc6c(-c6ccc(C=Cc7ccc(-c8ccccc8)c8ccccc78)cc6)c6ccccc56)cc4)cc3)c3ccccc3-c3ccccc32)cc1. The molecule has 0 saturated heterocycles. The molecule has 0 heterocycles. The Morgan fingerprint density at radius 2 is 0.686 bits per heavy atom. The summed E-state index contributed by atoms with van der Waals surface area (Å²) < 4.78 is 0. The van der Waals surface area contributed by atoms with Crippen LogP contribution in [0.25, 0.3) is 100 Å². The molecule has 0 nitrogen and oxygen atoms in total. The summed E-state index contributed by atoms with van der Waals surface area (Å²) in [6.45, 7) is 2.17. The lowest BCUT2D eigenvalue weighted by Crippen LogP contribution is -2.28. The van der Waals surface area contributed by atoms with Crippen LogP contribution in [-0.4, -0.2) is 0 Å². The second kappa shape index (κ2) is 17.0. The molecule has 328 valence electrons. The van der Waals surface area contributed by atoms with Crippen molar-refractivity contribution in [2.45, 2.75) is 12.3 Å². The fourth-order valence-electron chi connectivity index (χ4n) is 11.6. The van der Waals surface area contributed by atoms with Gasteiger partial charge in [0, 0.05) is 0 Å². The highest BCUT2D eigenvalue weighted by atomic mass is 14.5. The summed E-state index contributed by atoms with van der Waals surface area (Å²) in [7, 11) is 0. The molecule has 13 rings (SSSR count). The molecule has 0 fully saturated rings. The molecule has 0 radical (unpaired) electrons. The maximum Gasteiger partial charge on any atom is 0.0713 e. The molecule has 1 aliphatic carbocycles. The van der Waals surface area contributed by atoms with Crippen LogP contribution in [0.2, 0.25) is 0 Å². The number of hydrogen-bond acceptors (Lipinski definition) is 0. The van der Waals surface area contributed by atoms with Crippen molar-refractivity contribution in [2.24, 2.45) is 0 Å². The van der Waals surface area contributed by atoms with Gasteiger partial charge in [-0.1, -0.05) is 279 Å². The highest BCUT2D eigenvalue weighted by molar-refractivity contribution is 6.21. The summed E-state index contributed by atoms with van der Waals surface area (Å²) in [5.74, 6) is 0. The summed E-state index contributed by atoms with van der Waals surface area (Å²) in [5.41, 5.74) is 20.9. The van der Waals surface area contributed by atoms with Crippen LogP contribution < -0.4 is 0 Å². The van der Waals surface area contributed by atoms with Gasteiger partial charge in [0.15, 0.2) is 0 Å². The fraction of sp³-hybridized carbons (Fsp3) is 0.0286. The molecule has 1 aliphatic rings. The standard InChI is InChI=1S/C70H48/c1-47-27-42-55(43-28-47)70(66-25-13-11-19-60(66)61-20-12-14-26-67(61)70)56-44-39-50(40-45-56)49-35-37-54(38-36-49)69-64-23-9-7-21-62(64)68(63-22-8-10-24-65(63)69)53-33-30-48(31-34-53)29-32-52-41-46-58(51-15-3-2-4-16-51)59-18-6-5-17-57(52)59/h2-46H,1H3. The van der Waals surface area contributed by atoms with Crippen molar-refractivity contribution in [2.75, 3.05) is 0 Å². The van der Waals surface area contributed by atoms with Crippen molar-refractivity contribution in [1.82, 2.24) is 0 Å². The van der Waals surface area contributed by atoms with Crippen LogP contribution in [-0.2, 0) is 5.41 Å². The molecule has 0 saturated carbocycles. The zero-order chi connectivity index (χ0) is 46.6. The van der Waals surface area contributed by atoms with Gasteiger partial charge in [0.1, 0.15) is 0 Å². The molecule has 12 aromatic carbocycles. The van der Waals surface area contributed by atoms with Gasteiger partial charge in [-0.3, -0.25) is 0 Å². The minimum absolute atomic E-state index is 0.414. The second-order valence-electron chi connectivity index (χ2n) is 18.8. The first kappa shape index (κ1) is 41.4. The van der Waals surface area contributed by atoms with E-state index in [2.05, 4.69) is 280 Å². The van der Waals surface area contributed by atoms with Crippen molar-refractivity contribution < 1.29 is 0 Å². The molecule has 0 N–H and O–H groups in total. The number of rotatable bonds is 8. The maximum atomic E-state index is 2.36. The average molecular weight is 889 g/mol. The lowest BCUT2D eigenvalue weighted by atomic mass is 9.67. The van der Waals surface area contributed by atoms with Gasteiger partial charge in [-0.2, -0.15) is 0 Å². The van der Waals surface area contributed by atoms with Gasteiger partial charge >= 0.3 is 0 Å². The normalized spacial score (nSPS) is 12.7. The summed E-state index contributed by atoms with van der Waals surface area (Å²) in [4.78, 5) is 0. The summed E-state index contributed by atoms with van der Waals surface area (Å²) in [5, 5.41) is 7.52. The van der Waals surface area contributed by atoms with E-state index in [4.69, 9.17) is 0 Å². The van der Waals surface area contributed by atoms with Crippen LogP contribution in [0.15, 0.2) is 261 Å². The van der Waals surface area contributed by atoms with E-state index in [1.807, 2.05) is 0 Å². The van der Waals surface area contributed by atoms with Crippen molar-refractivity contribution in [1.29, 1.82) is 0 Å². The number of aryl methyl sites for hydroxylation is 1. The Kier molecular flexibility index (Phi) is 10.1. The molecular weight excluding hydrogens is 841 g/mol. The minimum Gasteiger partial charge on any atom is -0.0622 e. The van der Waals surface area contributed by atoms with E-state index in [1.54, 1.807) is 0 Å². The van der Waals surface area contributed by atoms with Gasteiger partial charge in [0.05, 0.1) is 5.41 Å². The molecule has 70 heavy (non-hydrogen) atoms. The number of fused-ring (bicyclic) bond motifs is 6. The molecule has 0 heteroatoms. The molecule has 0 atom stereocenters. The third-order valence-corrected chi connectivity index (χ3v) is 14.9. The first-order valence-corrected chi connectivity index (χ1v) is 24.4. The molecule has 0 bridgehead atoms.